The van der Waals surface area contributed by atoms with E-state index >= 15 is 0 Å². The summed E-state index contributed by atoms with van der Waals surface area (Å²) in [5.74, 6) is -0.765. The lowest BCUT2D eigenvalue weighted by Crippen LogP contribution is -2.47. The first-order chi connectivity index (χ1) is 14.2. The minimum atomic E-state index is -3.72. The van der Waals surface area contributed by atoms with E-state index in [9.17, 15) is 18.0 Å². The molecular formula is C21H27N3O4S2. The largest absolute Gasteiger partial charge is 0.352 e. The van der Waals surface area contributed by atoms with Crippen LogP contribution in [0.25, 0.3) is 0 Å². The number of benzene rings is 1. The predicted octanol–water partition coefficient (Wildman–Crippen LogP) is 2.53. The molecule has 3 rings (SSSR count). The van der Waals surface area contributed by atoms with Gasteiger partial charge >= 0.3 is 0 Å². The van der Waals surface area contributed by atoms with Crippen molar-refractivity contribution >= 4 is 33.2 Å². The topological polar surface area (TPSA) is 95.6 Å². The molecule has 0 saturated heterocycles. The first kappa shape index (κ1) is 22.5. The monoisotopic (exact) mass is 449 g/mol. The van der Waals surface area contributed by atoms with E-state index in [1.54, 1.807) is 30.4 Å². The van der Waals surface area contributed by atoms with Crippen LogP contribution in [0.3, 0.4) is 0 Å². The van der Waals surface area contributed by atoms with Gasteiger partial charge in [-0.1, -0.05) is 13.0 Å². The molecule has 2 N–H and O–H groups in total. The van der Waals surface area contributed by atoms with E-state index in [0.717, 1.165) is 12.0 Å². The minimum absolute atomic E-state index is 0.0126. The molecule has 2 aromatic rings. The molecule has 2 heterocycles. The molecule has 1 aromatic carbocycles. The zero-order valence-electron chi connectivity index (χ0n) is 17.3. The summed E-state index contributed by atoms with van der Waals surface area (Å²) < 4.78 is 27.7. The molecule has 9 heteroatoms. The van der Waals surface area contributed by atoms with Gasteiger partial charge in [0, 0.05) is 29.6 Å². The Kier molecular flexibility index (Phi) is 6.95. The van der Waals surface area contributed by atoms with Crippen LogP contribution in [0.2, 0.25) is 0 Å². The highest BCUT2D eigenvalue weighted by atomic mass is 32.2. The highest BCUT2D eigenvalue weighted by molar-refractivity contribution is 7.89. The maximum Gasteiger partial charge on any atom is 0.251 e. The van der Waals surface area contributed by atoms with Crippen LogP contribution >= 0.6 is 11.3 Å². The second-order valence-electron chi connectivity index (χ2n) is 7.50. The van der Waals surface area contributed by atoms with Gasteiger partial charge in [0.15, 0.2) is 0 Å². The van der Waals surface area contributed by atoms with Gasteiger partial charge in [0.2, 0.25) is 15.9 Å². The van der Waals surface area contributed by atoms with Gasteiger partial charge in [-0.2, -0.15) is 4.31 Å². The molecule has 0 bridgehead atoms. The maximum atomic E-state index is 13.1. The van der Waals surface area contributed by atoms with Crippen molar-refractivity contribution in [2.75, 3.05) is 6.54 Å². The fourth-order valence-electron chi connectivity index (χ4n) is 3.19. The number of nitrogens with zero attached hydrogens (tertiary/aromatic N) is 1. The van der Waals surface area contributed by atoms with Crippen molar-refractivity contribution < 1.29 is 18.0 Å². The van der Waals surface area contributed by atoms with Gasteiger partial charge in [0.05, 0.1) is 4.90 Å². The fraction of sp³-hybridized carbons (Fsp3) is 0.429. The van der Waals surface area contributed by atoms with E-state index in [1.807, 2.05) is 25.3 Å². The average Bonchev–Trinajstić information content (AvgIpc) is 3.21. The Hall–Kier alpha value is -2.23. The molecule has 2 atom stereocenters. The first-order valence-electron chi connectivity index (χ1n) is 9.99. The number of carbonyl (C=O) groups excluding carboxylic acids is 2. The van der Waals surface area contributed by atoms with Gasteiger partial charge in [0.25, 0.3) is 5.91 Å². The molecule has 0 radical (unpaired) electrons. The van der Waals surface area contributed by atoms with Gasteiger partial charge in [0.1, 0.15) is 6.04 Å². The van der Waals surface area contributed by atoms with E-state index in [-0.39, 0.29) is 22.4 Å². The van der Waals surface area contributed by atoms with Crippen LogP contribution in [-0.4, -0.2) is 43.2 Å². The summed E-state index contributed by atoms with van der Waals surface area (Å²) in [5, 5.41) is 7.43. The third kappa shape index (κ3) is 4.91. The lowest BCUT2D eigenvalue weighted by atomic mass is 10.1. The smallest absolute Gasteiger partial charge is 0.251 e. The Morgan fingerprint density at radius 2 is 1.97 bits per heavy atom. The number of amides is 2. The summed E-state index contributed by atoms with van der Waals surface area (Å²) in [4.78, 5) is 26.1. The van der Waals surface area contributed by atoms with E-state index < -0.39 is 22.0 Å². The third-order valence-electron chi connectivity index (χ3n) is 5.25. The molecule has 30 heavy (non-hydrogen) atoms. The van der Waals surface area contributed by atoms with Crippen molar-refractivity contribution in [2.24, 2.45) is 0 Å². The summed E-state index contributed by atoms with van der Waals surface area (Å²) in [6.07, 6.45) is 1.48. The van der Waals surface area contributed by atoms with Crippen molar-refractivity contribution in [3.05, 3.63) is 51.7 Å². The van der Waals surface area contributed by atoms with Crippen LogP contribution < -0.4 is 10.6 Å². The molecule has 2 unspecified atom stereocenters. The third-order valence-corrected chi connectivity index (χ3v) is 8.11. The summed E-state index contributed by atoms with van der Waals surface area (Å²) >= 11 is 1.65. The number of nitrogens with one attached hydrogen (secondary N) is 2. The molecule has 2 amide bonds. The summed E-state index contributed by atoms with van der Waals surface area (Å²) in [6, 6.07) is 7.19. The number of thiophene rings is 1. The molecule has 1 aliphatic rings. The van der Waals surface area contributed by atoms with Gasteiger partial charge in [-0.25, -0.2) is 8.42 Å². The van der Waals surface area contributed by atoms with Gasteiger partial charge in [-0.05, 0) is 61.9 Å². The highest BCUT2D eigenvalue weighted by Crippen LogP contribution is 2.28. The van der Waals surface area contributed by atoms with Gasteiger partial charge in [-0.15, -0.1) is 11.3 Å². The number of hydrogen-bond donors (Lipinski definition) is 2. The molecule has 1 aliphatic heterocycles. The van der Waals surface area contributed by atoms with Crippen LogP contribution in [0.15, 0.2) is 40.6 Å². The number of rotatable bonds is 7. The van der Waals surface area contributed by atoms with Crippen LogP contribution in [0.5, 0.6) is 0 Å². The van der Waals surface area contributed by atoms with E-state index in [2.05, 4.69) is 10.6 Å². The normalized spacial score (nSPS) is 16.4. The zero-order valence-corrected chi connectivity index (χ0v) is 19.0. The van der Waals surface area contributed by atoms with Crippen LogP contribution in [0.4, 0.5) is 0 Å². The minimum Gasteiger partial charge on any atom is -0.352 e. The maximum absolute atomic E-state index is 13.1. The molecule has 1 aromatic heterocycles. The molecule has 162 valence electrons. The van der Waals surface area contributed by atoms with E-state index in [0.29, 0.717) is 19.5 Å². The number of sulfonamides is 1. The van der Waals surface area contributed by atoms with Crippen LogP contribution in [-0.2, 0) is 27.8 Å². The Morgan fingerprint density at radius 3 is 2.70 bits per heavy atom. The second-order valence-corrected chi connectivity index (χ2v) is 10.4. The van der Waals surface area contributed by atoms with Gasteiger partial charge in [-0.3, -0.25) is 9.59 Å². The van der Waals surface area contributed by atoms with Gasteiger partial charge < -0.3 is 10.6 Å². The first-order valence-corrected chi connectivity index (χ1v) is 12.3. The second kappa shape index (κ2) is 9.28. The number of fused-ring (bicyclic) bond motifs is 1. The summed E-state index contributed by atoms with van der Waals surface area (Å²) in [5.41, 5.74) is 1.23. The fourth-order valence-corrected chi connectivity index (χ4v) is 5.54. The predicted molar refractivity (Wildman–Crippen MR) is 117 cm³/mol. The van der Waals surface area contributed by atoms with Crippen molar-refractivity contribution in [1.29, 1.82) is 0 Å². The quantitative estimate of drug-likeness (QED) is 0.679. The van der Waals surface area contributed by atoms with Crippen molar-refractivity contribution in [3.8, 4) is 0 Å². The average molecular weight is 450 g/mol. The highest BCUT2D eigenvalue weighted by Gasteiger charge is 2.29. The molecule has 0 fully saturated rings. The molecule has 7 nitrogen and oxygen atoms in total. The summed E-state index contributed by atoms with van der Waals surface area (Å²) in [6.45, 7) is 6.20. The molecule has 0 saturated carbocycles. The van der Waals surface area contributed by atoms with Crippen LogP contribution in [0.1, 0.15) is 48.0 Å². The SMILES string of the molecule is CCC(C)NC(=O)C(C)NC(=O)c1cccc(S(=O)(=O)N2CCc3sccc3C2)c1. The molecule has 0 aliphatic carbocycles. The Balaban J connectivity index is 1.72. The zero-order chi connectivity index (χ0) is 21.9. The Morgan fingerprint density at radius 1 is 1.20 bits per heavy atom. The van der Waals surface area contributed by atoms with Crippen LogP contribution in [0, 0.1) is 0 Å². The van der Waals surface area contributed by atoms with Crippen molar-refractivity contribution in [2.45, 2.75) is 57.1 Å². The number of carbonyl (C=O) groups is 2. The lowest BCUT2D eigenvalue weighted by Gasteiger charge is -2.26. The lowest BCUT2D eigenvalue weighted by molar-refractivity contribution is -0.123. The summed E-state index contributed by atoms with van der Waals surface area (Å²) in [7, 11) is -3.72. The molecular weight excluding hydrogens is 422 g/mol. The Labute approximate surface area is 181 Å². The standard InChI is InChI=1S/C21H27N3O4S2/c1-4-14(2)22-20(25)15(3)23-21(26)16-6-5-7-18(12-16)30(27,28)24-10-8-19-17(13-24)9-11-29-19/h5-7,9,11-12,14-15H,4,8,10,13H2,1-3H3,(H,22,25)(H,23,26). The van der Waals surface area contributed by atoms with E-state index in [1.165, 1.54) is 21.3 Å². The van der Waals surface area contributed by atoms with Crippen molar-refractivity contribution in [1.82, 2.24) is 14.9 Å². The Bertz CT molecular complexity index is 1030. The number of hydrogen-bond acceptors (Lipinski definition) is 5. The van der Waals surface area contributed by atoms with Crippen molar-refractivity contribution in [3.63, 3.8) is 0 Å². The molecule has 0 spiro atoms. The van der Waals surface area contributed by atoms with E-state index in [4.69, 9.17) is 0 Å².